The first-order valence-corrected chi connectivity index (χ1v) is 23.6. The summed E-state index contributed by atoms with van der Waals surface area (Å²) in [4.78, 5) is 47.4. The predicted octanol–water partition coefficient (Wildman–Crippen LogP) is 4.81. The lowest BCUT2D eigenvalue weighted by atomic mass is 9.73. The van der Waals surface area contributed by atoms with Crippen molar-refractivity contribution in [1.82, 2.24) is 15.1 Å². The number of aromatic hydroxyl groups is 2. The highest BCUT2D eigenvalue weighted by Gasteiger charge is 2.61. The molecule has 7 aliphatic rings. The fourth-order valence-electron chi connectivity index (χ4n) is 11.8. The van der Waals surface area contributed by atoms with Gasteiger partial charge in [0.25, 0.3) is 0 Å². The molecule has 18 heteroatoms. The van der Waals surface area contributed by atoms with Gasteiger partial charge in [-0.1, -0.05) is 6.07 Å². The lowest BCUT2D eigenvalue weighted by molar-refractivity contribution is -0.186. The first-order valence-electron chi connectivity index (χ1n) is 22.6. The third-order valence-electron chi connectivity index (χ3n) is 14.9. The molecule has 0 radical (unpaired) electrons. The Kier molecular flexibility index (Phi) is 10.6. The van der Waals surface area contributed by atoms with Crippen molar-refractivity contribution >= 4 is 40.4 Å². The quantitative estimate of drug-likeness (QED) is 0.103. The molecule has 68 heavy (non-hydrogen) atoms. The van der Waals surface area contributed by atoms with Gasteiger partial charge in [-0.25, -0.2) is 9.59 Å². The number of aliphatic hydroxyl groups is 1. The van der Waals surface area contributed by atoms with Crippen LogP contribution in [-0.2, 0) is 39.1 Å². The molecule has 4 aromatic carbocycles. The number of hydrogen-bond acceptors (Lipinski definition) is 18. The average molecular weight is 949 g/mol. The van der Waals surface area contributed by atoms with Crippen LogP contribution in [0.4, 0.5) is 5.69 Å². The molecule has 1 spiro atoms. The molecule has 2 saturated heterocycles. The number of aryl methyl sites for hydroxylation is 1. The number of fused-ring (bicyclic) bond motifs is 10. The van der Waals surface area contributed by atoms with Crippen LogP contribution in [0.5, 0.6) is 40.2 Å². The zero-order valence-electron chi connectivity index (χ0n) is 38.6. The molecule has 1 aromatic heterocycles. The third-order valence-corrected chi connectivity index (χ3v) is 16.4. The number of piperazine rings is 1. The fourth-order valence-corrected chi connectivity index (χ4v) is 13.5. The summed E-state index contributed by atoms with van der Waals surface area (Å²) in [6.45, 7) is 3.72. The van der Waals surface area contributed by atoms with Crippen molar-refractivity contribution in [3.05, 3.63) is 103 Å². The molecule has 17 nitrogen and oxygen atoms in total. The minimum Gasteiger partial charge on any atom is -0.507 e. The molecule has 4 N–H and O–H groups in total. The molecule has 7 aliphatic heterocycles. The number of phenolic OH excluding ortho intramolecular Hbond substituents is 2. The van der Waals surface area contributed by atoms with E-state index in [-0.39, 0.29) is 48.6 Å². The summed E-state index contributed by atoms with van der Waals surface area (Å²) < 4.78 is 41.7. The largest absolute Gasteiger partial charge is 0.507 e. The maximum absolute atomic E-state index is 15.1. The van der Waals surface area contributed by atoms with E-state index in [1.165, 1.54) is 32.0 Å². The molecule has 7 atom stereocenters. The Balaban J connectivity index is 1.00. The Hall–Kier alpha value is -6.18. The van der Waals surface area contributed by atoms with Crippen molar-refractivity contribution in [2.45, 2.75) is 74.3 Å². The van der Waals surface area contributed by atoms with Gasteiger partial charge in [0.05, 0.1) is 44.0 Å². The third kappa shape index (κ3) is 6.47. The highest BCUT2D eigenvalue weighted by Crippen LogP contribution is 2.64. The highest BCUT2D eigenvalue weighted by atomic mass is 32.2. The Bertz CT molecular complexity index is 3030. The zero-order chi connectivity index (χ0) is 47.7. The van der Waals surface area contributed by atoms with Crippen molar-refractivity contribution in [2.24, 2.45) is 0 Å². The van der Waals surface area contributed by atoms with E-state index in [9.17, 15) is 24.9 Å². The van der Waals surface area contributed by atoms with Crippen LogP contribution in [0.25, 0.3) is 11.0 Å². The smallest absolute Gasteiger partial charge is 0.336 e. The molecule has 0 aliphatic carbocycles. The summed E-state index contributed by atoms with van der Waals surface area (Å²) >= 11 is 1.43. The van der Waals surface area contributed by atoms with Gasteiger partial charge in [0.2, 0.25) is 6.79 Å². The molecular formula is C50H52N4O13S. The maximum atomic E-state index is 15.1. The minimum atomic E-state index is -1.46. The SMILES string of the molecule is COc1cc2c(cc1OC(=O)Cc1cc(=O)oc3cc(N(C)C)ccc13)CCN[C@]21CS[C@@H]2c3c(O)c(C)c4c(c3[C@H](COC1=O)N1C2[C@@H]2c3c(cc(C)c(OC)c3O)C[C@@H]([C@@H]1O)N2C)OCO4. The van der Waals surface area contributed by atoms with Gasteiger partial charge in [0.1, 0.15) is 24.2 Å². The molecule has 4 bridgehead atoms. The number of aliphatic hydroxyl groups excluding tert-OH is 1. The van der Waals surface area contributed by atoms with Crippen molar-refractivity contribution in [2.75, 3.05) is 66.0 Å². The van der Waals surface area contributed by atoms with Gasteiger partial charge in [0, 0.05) is 77.9 Å². The van der Waals surface area contributed by atoms with Gasteiger partial charge in [-0.3, -0.25) is 19.9 Å². The summed E-state index contributed by atoms with van der Waals surface area (Å²) in [6.07, 6.45) is -0.399. The Morgan fingerprint density at radius 2 is 1.75 bits per heavy atom. The number of likely N-dealkylation sites (N-methyl/N-ethyl adjacent to an activating group) is 1. The number of anilines is 1. The number of benzene rings is 4. The molecule has 356 valence electrons. The van der Waals surface area contributed by atoms with Crippen molar-refractivity contribution in [3.63, 3.8) is 0 Å². The number of rotatable bonds is 6. The molecule has 5 aromatic rings. The van der Waals surface area contributed by atoms with Crippen LogP contribution in [-0.4, -0.2) is 116 Å². The second kappa shape index (κ2) is 16.2. The van der Waals surface area contributed by atoms with Gasteiger partial charge in [-0.05, 0) is 85.8 Å². The van der Waals surface area contributed by atoms with Gasteiger partial charge < -0.3 is 53.1 Å². The Morgan fingerprint density at radius 3 is 2.51 bits per heavy atom. The number of nitrogens with one attached hydrogen (secondary N) is 1. The van der Waals surface area contributed by atoms with Gasteiger partial charge in [-0.2, -0.15) is 0 Å². The highest BCUT2D eigenvalue weighted by molar-refractivity contribution is 7.99. The van der Waals surface area contributed by atoms with Crippen LogP contribution in [0.3, 0.4) is 0 Å². The van der Waals surface area contributed by atoms with Gasteiger partial charge in [-0.15, -0.1) is 11.8 Å². The number of carbonyl (C=O) groups excluding carboxylic acids is 2. The average Bonchev–Trinajstić information content (AvgIpc) is 3.80. The summed E-state index contributed by atoms with van der Waals surface area (Å²) in [6, 6.07) is 9.80. The molecule has 1 unspecified atom stereocenters. The minimum absolute atomic E-state index is 0.0150. The Labute approximate surface area is 395 Å². The molecule has 0 amide bonds. The Morgan fingerprint density at radius 1 is 0.956 bits per heavy atom. The van der Waals surface area contributed by atoms with E-state index in [4.69, 9.17) is 32.8 Å². The number of ether oxygens (including phenoxy) is 6. The topological polar surface area (TPSA) is 202 Å². The number of esters is 2. The first-order chi connectivity index (χ1) is 32.6. The summed E-state index contributed by atoms with van der Waals surface area (Å²) in [7, 11) is 8.68. The summed E-state index contributed by atoms with van der Waals surface area (Å²) in [5.74, 6) is 0.459. The van der Waals surface area contributed by atoms with E-state index < -0.39 is 58.7 Å². The predicted molar refractivity (Wildman–Crippen MR) is 249 cm³/mol. The number of nitrogens with zero attached hydrogens (tertiary/aromatic N) is 3. The number of phenols is 2. The normalized spacial score (nSPS) is 25.8. The number of thioether (sulfide) groups is 1. The molecular weight excluding hydrogens is 897 g/mol. The molecule has 2 fully saturated rings. The van der Waals surface area contributed by atoms with Crippen LogP contribution in [0.2, 0.25) is 0 Å². The van der Waals surface area contributed by atoms with E-state index in [0.717, 1.165) is 22.4 Å². The van der Waals surface area contributed by atoms with E-state index in [0.29, 0.717) is 81.0 Å². The molecule has 12 rings (SSSR count). The van der Waals surface area contributed by atoms with Gasteiger partial charge >= 0.3 is 17.6 Å². The summed E-state index contributed by atoms with van der Waals surface area (Å²) in [5.41, 5.74) is 4.87. The maximum Gasteiger partial charge on any atom is 0.336 e. The molecule has 8 heterocycles. The van der Waals surface area contributed by atoms with Crippen LogP contribution < -0.4 is 39.5 Å². The monoisotopic (exact) mass is 948 g/mol. The van der Waals surface area contributed by atoms with Crippen molar-refractivity contribution < 1.29 is 57.7 Å². The fraction of sp³-hybridized carbons (Fsp3) is 0.420. The first kappa shape index (κ1) is 44.3. The second-order valence-electron chi connectivity index (χ2n) is 18.7. The van der Waals surface area contributed by atoms with Crippen LogP contribution in [0.1, 0.15) is 67.4 Å². The zero-order valence-corrected chi connectivity index (χ0v) is 39.4. The van der Waals surface area contributed by atoms with Crippen molar-refractivity contribution in [3.8, 4) is 40.2 Å². The van der Waals surface area contributed by atoms with E-state index in [2.05, 4.69) is 10.2 Å². The standard InChI is InChI=1S/C50H52N4O13S/c1-22-12-26-13-30-48(59)54-31-19-63-49(60)50(20-68-47(39-38(31)46-45(64-21-65-46)23(2)42(39)57)41(54)40(53(30)5)37(26)43(58)44(22)62-7)29-18-33(61-6)34(14-24(29)10-11-51-50)67-36(56)16-25-15-35(55)66-32-17-27(52(3)4)8-9-28(25)32/h8-9,12,14-15,17-18,30-31,40-41,47-48,51,57-59H,10-11,13,16,19-21H2,1-7H3/t30-,31-,40-,41?,47+,48-,50+/m0/s1. The van der Waals surface area contributed by atoms with E-state index in [1.54, 1.807) is 31.2 Å². The number of methoxy groups -OCH3 is 2. The van der Waals surface area contributed by atoms with Crippen LogP contribution >= 0.6 is 11.8 Å². The lowest BCUT2D eigenvalue weighted by Gasteiger charge is -2.62. The van der Waals surface area contributed by atoms with E-state index >= 15 is 4.79 Å². The molecule has 0 saturated carbocycles. The van der Waals surface area contributed by atoms with E-state index in [1.807, 2.05) is 50.0 Å². The van der Waals surface area contributed by atoms with Crippen molar-refractivity contribution in [1.29, 1.82) is 0 Å². The summed E-state index contributed by atoms with van der Waals surface area (Å²) in [5, 5.41) is 40.6. The lowest BCUT2D eigenvalue weighted by Crippen LogP contribution is -2.70. The second-order valence-corrected chi connectivity index (χ2v) is 19.8. The number of carbonyl (C=O) groups is 2. The van der Waals surface area contributed by atoms with Gasteiger partial charge in [0.15, 0.2) is 40.0 Å². The number of hydrogen-bond donors (Lipinski definition) is 4. The van der Waals surface area contributed by atoms with Crippen LogP contribution in [0.15, 0.2) is 51.7 Å². The van der Waals surface area contributed by atoms with Crippen LogP contribution in [0, 0.1) is 13.8 Å².